The Labute approximate surface area is 145 Å². The fourth-order valence-corrected chi connectivity index (χ4v) is 2.95. The molecule has 0 fully saturated rings. The zero-order valence-electron chi connectivity index (χ0n) is 14.2. The van der Waals surface area contributed by atoms with Crippen LogP contribution in [0, 0.1) is 0 Å². The number of rotatable bonds is 6. The van der Waals surface area contributed by atoms with Gasteiger partial charge in [0.2, 0.25) is 0 Å². The molecule has 3 rings (SSSR count). The van der Waals surface area contributed by atoms with E-state index in [0.717, 1.165) is 17.7 Å². The molecule has 3 amide bonds. The highest BCUT2D eigenvalue weighted by molar-refractivity contribution is 6.22. The molecule has 2 aromatic rings. The lowest BCUT2D eigenvalue weighted by atomic mass is 10.0. The molecule has 1 aromatic carbocycles. The van der Waals surface area contributed by atoms with E-state index in [-0.39, 0.29) is 30.0 Å². The van der Waals surface area contributed by atoms with E-state index in [1.807, 2.05) is 6.92 Å². The Kier molecular flexibility index (Phi) is 4.70. The number of nitrogens with zero attached hydrogens (tertiary/aromatic N) is 1. The van der Waals surface area contributed by atoms with Crippen molar-refractivity contribution in [2.24, 2.45) is 0 Å². The zero-order chi connectivity index (χ0) is 18.0. The first-order valence-electron chi connectivity index (χ1n) is 8.34. The number of hydrogen-bond donors (Lipinski definition) is 1. The Balaban J connectivity index is 1.80. The minimum Gasteiger partial charge on any atom is -0.467 e. The molecule has 0 radical (unpaired) electrons. The summed E-state index contributed by atoms with van der Waals surface area (Å²) in [6.07, 6.45) is 3.35. The number of nitrogens with one attached hydrogen (secondary N) is 1. The van der Waals surface area contributed by atoms with Crippen LogP contribution in [0.15, 0.2) is 41.0 Å². The quantitative estimate of drug-likeness (QED) is 0.820. The SMILES string of the molecule is CCC[C@@H](C)NC(=O)c1ccc2c(c1)C(=O)N(Cc1ccco1)C2=O. The highest BCUT2D eigenvalue weighted by Gasteiger charge is 2.36. The molecule has 0 saturated carbocycles. The smallest absolute Gasteiger partial charge is 0.261 e. The highest BCUT2D eigenvalue weighted by atomic mass is 16.3. The summed E-state index contributed by atoms with van der Waals surface area (Å²) in [6, 6.07) is 8.07. The highest BCUT2D eigenvalue weighted by Crippen LogP contribution is 2.25. The van der Waals surface area contributed by atoms with Gasteiger partial charge < -0.3 is 9.73 Å². The van der Waals surface area contributed by atoms with Crippen LogP contribution in [-0.2, 0) is 6.54 Å². The lowest BCUT2D eigenvalue weighted by Gasteiger charge is -2.13. The van der Waals surface area contributed by atoms with E-state index in [2.05, 4.69) is 12.2 Å². The van der Waals surface area contributed by atoms with Crippen LogP contribution < -0.4 is 5.32 Å². The van der Waals surface area contributed by atoms with Crippen molar-refractivity contribution in [3.8, 4) is 0 Å². The molecule has 1 aliphatic heterocycles. The molecule has 0 spiro atoms. The van der Waals surface area contributed by atoms with Crippen LogP contribution in [0.4, 0.5) is 0 Å². The third-order valence-electron chi connectivity index (χ3n) is 4.23. The van der Waals surface area contributed by atoms with Crippen molar-refractivity contribution in [1.82, 2.24) is 10.2 Å². The number of hydrogen-bond acceptors (Lipinski definition) is 4. The average Bonchev–Trinajstić information content (AvgIpc) is 3.18. The second-order valence-corrected chi connectivity index (χ2v) is 6.20. The van der Waals surface area contributed by atoms with Gasteiger partial charge in [0.25, 0.3) is 17.7 Å². The van der Waals surface area contributed by atoms with Crippen LogP contribution in [0.2, 0.25) is 0 Å². The number of imide groups is 1. The number of fused-ring (bicyclic) bond motifs is 1. The molecule has 0 unspecified atom stereocenters. The summed E-state index contributed by atoms with van der Waals surface area (Å²) in [5.74, 6) is -0.496. The number of amides is 3. The van der Waals surface area contributed by atoms with Crippen LogP contribution in [0.1, 0.15) is 63.5 Å². The first-order valence-corrected chi connectivity index (χ1v) is 8.34. The third-order valence-corrected chi connectivity index (χ3v) is 4.23. The summed E-state index contributed by atoms with van der Waals surface area (Å²) >= 11 is 0. The van der Waals surface area contributed by atoms with Crippen molar-refractivity contribution >= 4 is 17.7 Å². The van der Waals surface area contributed by atoms with Gasteiger partial charge in [0, 0.05) is 11.6 Å². The predicted octanol–water partition coefficient (Wildman–Crippen LogP) is 2.99. The van der Waals surface area contributed by atoms with Crippen LogP contribution in [0.25, 0.3) is 0 Å². The molecule has 6 nitrogen and oxygen atoms in total. The van der Waals surface area contributed by atoms with E-state index < -0.39 is 5.91 Å². The van der Waals surface area contributed by atoms with E-state index in [1.54, 1.807) is 18.2 Å². The molecule has 130 valence electrons. The Morgan fingerprint density at radius 1 is 1.20 bits per heavy atom. The van der Waals surface area contributed by atoms with Gasteiger partial charge in [0.15, 0.2) is 0 Å². The van der Waals surface area contributed by atoms with E-state index in [4.69, 9.17) is 4.42 Å². The van der Waals surface area contributed by atoms with Gasteiger partial charge in [0.05, 0.1) is 23.9 Å². The lowest BCUT2D eigenvalue weighted by Crippen LogP contribution is -2.32. The first kappa shape index (κ1) is 17.0. The summed E-state index contributed by atoms with van der Waals surface area (Å²) in [5, 5.41) is 2.90. The van der Waals surface area contributed by atoms with E-state index in [0.29, 0.717) is 16.9 Å². The van der Waals surface area contributed by atoms with Crippen LogP contribution >= 0.6 is 0 Å². The molecule has 0 aliphatic carbocycles. The van der Waals surface area contributed by atoms with Crippen LogP contribution in [-0.4, -0.2) is 28.7 Å². The van der Waals surface area contributed by atoms with Crippen molar-refractivity contribution in [3.05, 3.63) is 59.0 Å². The molecule has 25 heavy (non-hydrogen) atoms. The summed E-state index contributed by atoms with van der Waals surface area (Å²) in [6.45, 7) is 4.07. The van der Waals surface area contributed by atoms with Gasteiger partial charge in [0.1, 0.15) is 5.76 Å². The molecule has 1 aliphatic rings. The summed E-state index contributed by atoms with van der Waals surface area (Å²) in [7, 11) is 0. The molecular formula is C19H20N2O4. The van der Waals surface area contributed by atoms with Gasteiger partial charge in [-0.05, 0) is 43.7 Å². The molecular weight excluding hydrogens is 320 g/mol. The maximum atomic E-state index is 12.6. The first-order chi connectivity index (χ1) is 12.0. The zero-order valence-corrected chi connectivity index (χ0v) is 14.2. The van der Waals surface area contributed by atoms with E-state index in [1.165, 1.54) is 18.4 Å². The second kappa shape index (κ2) is 6.93. The normalized spacial score (nSPS) is 14.6. The minimum atomic E-state index is -0.410. The Morgan fingerprint density at radius 3 is 2.64 bits per heavy atom. The van der Waals surface area contributed by atoms with Crippen molar-refractivity contribution in [2.45, 2.75) is 39.3 Å². The monoisotopic (exact) mass is 340 g/mol. The third kappa shape index (κ3) is 3.33. The van der Waals surface area contributed by atoms with Gasteiger partial charge in [-0.2, -0.15) is 0 Å². The van der Waals surface area contributed by atoms with Crippen molar-refractivity contribution in [2.75, 3.05) is 0 Å². The van der Waals surface area contributed by atoms with Gasteiger partial charge >= 0.3 is 0 Å². The Hall–Kier alpha value is -2.89. The maximum Gasteiger partial charge on any atom is 0.261 e. The van der Waals surface area contributed by atoms with Crippen molar-refractivity contribution < 1.29 is 18.8 Å². The lowest BCUT2D eigenvalue weighted by molar-refractivity contribution is 0.0631. The number of benzene rings is 1. The minimum absolute atomic E-state index is 0.0542. The Bertz CT molecular complexity index is 811. The summed E-state index contributed by atoms with van der Waals surface area (Å²) in [4.78, 5) is 38.5. The molecule has 0 saturated heterocycles. The van der Waals surface area contributed by atoms with Gasteiger partial charge in [-0.15, -0.1) is 0 Å². The van der Waals surface area contributed by atoms with Crippen molar-refractivity contribution in [1.29, 1.82) is 0 Å². The van der Waals surface area contributed by atoms with E-state index >= 15 is 0 Å². The van der Waals surface area contributed by atoms with Crippen LogP contribution in [0.3, 0.4) is 0 Å². The van der Waals surface area contributed by atoms with Gasteiger partial charge in [-0.1, -0.05) is 13.3 Å². The second-order valence-electron chi connectivity index (χ2n) is 6.20. The molecule has 2 heterocycles. The predicted molar refractivity (Wildman–Crippen MR) is 91.2 cm³/mol. The molecule has 6 heteroatoms. The molecule has 1 atom stereocenters. The summed E-state index contributed by atoms with van der Waals surface area (Å²) in [5.41, 5.74) is 0.949. The fourth-order valence-electron chi connectivity index (χ4n) is 2.95. The Morgan fingerprint density at radius 2 is 1.96 bits per heavy atom. The van der Waals surface area contributed by atoms with Crippen LogP contribution in [0.5, 0.6) is 0 Å². The fraction of sp³-hybridized carbons (Fsp3) is 0.316. The number of carbonyl (C=O) groups is 3. The van der Waals surface area contributed by atoms with Gasteiger partial charge in [-0.3, -0.25) is 19.3 Å². The maximum absolute atomic E-state index is 12.6. The van der Waals surface area contributed by atoms with Gasteiger partial charge in [-0.25, -0.2) is 0 Å². The average molecular weight is 340 g/mol. The number of carbonyl (C=O) groups excluding carboxylic acids is 3. The van der Waals surface area contributed by atoms with E-state index in [9.17, 15) is 14.4 Å². The largest absolute Gasteiger partial charge is 0.467 e. The number of furan rings is 1. The molecule has 0 bridgehead atoms. The van der Waals surface area contributed by atoms with Crippen molar-refractivity contribution in [3.63, 3.8) is 0 Å². The topological polar surface area (TPSA) is 79.6 Å². The molecule has 1 N–H and O–H groups in total. The standard InChI is InChI=1S/C19H20N2O4/c1-3-5-12(2)20-17(22)13-7-8-15-16(10-13)19(24)21(18(15)23)11-14-6-4-9-25-14/h4,6-10,12H,3,5,11H2,1-2H3,(H,20,22)/t12-/m1/s1. The molecule has 1 aromatic heterocycles. The summed E-state index contributed by atoms with van der Waals surface area (Å²) < 4.78 is 5.21.